The Morgan fingerprint density at radius 2 is 2.00 bits per heavy atom. The van der Waals surface area contributed by atoms with Crippen LogP contribution in [0.3, 0.4) is 0 Å². The molecule has 2 aromatic carbocycles. The predicted molar refractivity (Wildman–Crippen MR) is 123 cm³/mol. The van der Waals surface area contributed by atoms with E-state index in [0.29, 0.717) is 40.1 Å². The topological polar surface area (TPSA) is 35.2 Å². The average Bonchev–Trinajstić information content (AvgIpc) is 3.36. The van der Waals surface area contributed by atoms with Crippen molar-refractivity contribution in [1.82, 2.24) is 19.2 Å². The normalized spacial score (nSPS) is 16.4. The van der Waals surface area contributed by atoms with Gasteiger partial charge in [-0.25, -0.2) is 9.07 Å². The number of hydrogen-bond acceptors (Lipinski definition) is 4. The Morgan fingerprint density at radius 1 is 1.23 bits per heavy atom. The molecular formula is C22H23Cl2FN4OS. The summed E-state index contributed by atoms with van der Waals surface area (Å²) < 4.78 is 24.4. The van der Waals surface area contributed by atoms with Gasteiger partial charge in [-0.05, 0) is 68.5 Å². The molecule has 5 nitrogen and oxygen atoms in total. The van der Waals surface area contributed by atoms with Gasteiger partial charge in [0.2, 0.25) is 0 Å². The SMILES string of the molecule is CN(Cc1c(F)cccc1Cl)Cn1nc(-c2ccc(Cl)cc2)n(C[C@@H]2CCCO2)c1=S. The molecule has 1 fully saturated rings. The van der Waals surface area contributed by atoms with E-state index in [2.05, 4.69) is 0 Å². The Balaban J connectivity index is 1.62. The molecule has 4 rings (SSSR count). The van der Waals surface area contributed by atoms with Gasteiger partial charge in [-0.3, -0.25) is 9.47 Å². The average molecular weight is 481 g/mol. The molecule has 164 valence electrons. The fourth-order valence-electron chi connectivity index (χ4n) is 3.73. The van der Waals surface area contributed by atoms with E-state index in [0.717, 1.165) is 30.8 Å². The van der Waals surface area contributed by atoms with Gasteiger partial charge in [-0.1, -0.05) is 29.3 Å². The lowest BCUT2D eigenvalue weighted by molar-refractivity contribution is 0.0967. The second kappa shape index (κ2) is 9.79. The van der Waals surface area contributed by atoms with Crippen LogP contribution in [0.25, 0.3) is 11.4 Å². The third-order valence-corrected chi connectivity index (χ3v) is 6.34. The van der Waals surface area contributed by atoms with Crippen molar-refractivity contribution in [2.24, 2.45) is 0 Å². The van der Waals surface area contributed by atoms with Crippen LogP contribution < -0.4 is 0 Å². The van der Waals surface area contributed by atoms with Crippen molar-refractivity contribution < 1.29 is 9.13 Å². The Labute approximate surface area is 196 Å². The summed E-state index contributed by atoms with van der Waals surface area (Å²) in [6, 6.07) is 12.2. The number of rotatable bonds is 7. The molecule has 0 unspecified atom stereocenters. The van der Waals surface area contributed by atoms with Gasteiger partial charge >= 0.3 is 0 Å². The lowest BCUT2D eigenvalue weighted by atomic mass is 10.2. The summed E-state index contributed by atoms with van der Waals surface area (Å²) in [4.78, 5) is 1.93. The fraction of sp³-hybridized carbons (Fsp3) is 0.364. The molecule has 0 N–H and O–H groups in total. The highest BCUT2D eigenvalue weighted by Gasteiger charge is 2.21. The number of halogens is 3. The first-order valence-corrected chi connectivity index (χ1v) is 11.3. The molecule has 1 atom stereocenters. The number of hydrogen-bond donors (Lipinski definition) is 0. The minimum atomic E-state index is -0.325. The summed E-state index contributed by atoms with van der Waals surface area (Å²) >= 11 is 18.0. The maximum atomic E-state index is 14.2. The van der Waals surface area contributed by atoms with Crippen LogP contribution in [0.15, 0.2) is 42.5 Å². The molecule has 0 aliphatic carbocycles. The zero-order chi connectivity index (χ0) is 22.0. The minimum Gasteiger partial charge on any atom is -0.376 e. The molecule has 31 heavy (non-hydrogen) atoms. The molecule has 2 heterocycles. The molecule has 0 amide bonds. The van der Waals surface area contributed by atoms with Crippen LogP contribution in [-0.4, -0.2) is 39.0 Å². The summed E-state index contributed by atoms with van der Waals surface area (Å²) in [6.07, 6.45) is 2.16. The Kier molecular flexibility index (Phi) is 7.08. The molecule has 0 radical (unpaired) electrons. The van der Waals surface area contributed by atoms with Crippen molar-refractivity contribution in [1.29, 1.82) is 0 Å². The first-order chi connectivity index (χ1) is 14.9. The van der Waals surface area contributed by atoms with E-state index >= 15 is 0 Å². The van der Waals surface area contributed by atoms with Crippen molar-refractivity contribution in [3.8, 4) is 11.4 Å². The van der Waals surface area contributed by atoms with Crippen LogP contribution in [0, 0.1) is 10.6 Å². The number of ether oxygens (including phenoxy) is 1. The number of aromatic nitrogens is 3. The van der Waals surface area contributed by atoms with Crippen molar-refractivity contribution in [2.75, 3.05) is 13.7 Å². The molecule has 9 heteroatoms. The third-order valence-electron chi connectivity index (χ3n) is 5.30. The van der Waals surface area contributed by atoms with Crippen molar-refractivity contribution in [2.45, 2.75) is 38.7 Å². The summed E-state index contributed by atoms with van der Waals surface area (Å²) in [6.45, 7) is 2.14. The van der Waals surface area contributed by atoms with E-state index in [9.17, 15) is 4.39 Å². The molecule has 1 aliphatic heterocycles. The first kappa shape index (κ1) is 22.4. The Bertz CT molecular complexity index is 1090. The van der Waals surface area contributed by atoms with Crippen LogP contribution in [0.5, 0.6) is 0 Å². The van der Waals surface area contributed by atoms with Crippen LogP contribution in [0.4, 0.5) is 4.39 Å². The largest absolute Gasteiger partial charge is 0.376 e. The Hall–Kier alpha value is -1.77. The highest BCUT2D eigenvalue weighted by atomic mass is 35.5. The maximum Gasteiger partial charge on any atom is 0.199 e. The summed E-state index contributed by atoms with van der Waals surface area (Å²) in [5.74, 6) is 0.434. The van der Waals surface area contributed by atoms with Gasteiger partial charge in [0.05, 0.1) is 19.3 Å². The van der Waals surface area contributed by atoms with Gasteiger partial charge in [-0.15, -0.1) is 0 Å². The smallest absolute Gasteiger partial charge is 0.199 e. The first-order valence-electron chi connectivity index (χ1n) is 10.1. The van der Waals surface area contributed by atoms with Gasteiger partial charge in [0.25, 0.3) is 0 Å². The van der Waals surface area contributed by atoms with Crippen LogP contribution in [-0.2, 0) is 24.5 Å². The van der Waals surface area contributed by atoms with Crippen LogP contribution >= 0.6 is 35.4 Å². The van der Waals surface area contributed by atoms with E-state index in [1.54, 1.807) is 16.8 Å². The van der Waals surface area contributed by atoms with Crippen molar-refractivity contribution in [3.63, 3.8) is 0 Å². The van der Waals surface area contributed by atoms with Gasteiger partial charge < -0.3 is 4.74 Å². The second-order valence-corrected chi connectivity index (χ2v) is 8.92. The molecule has 0 saturated carbocycles. The number of benzene rings is 2. The van der Waals surface area contributed by atoms with Gasteiger partial charge in [0.1, 0.15) is 5.82 Å². The highest BCUT2D eigenvalue weighted by Crippen LogP contribution is 2.24. The quantitative estimate of drug-likeness (QED) is 0.400. The molecule has 0 bridgehead atoms. The van der Waals surface area contributed by atoms with Gasteiger partial charge in [0.15, 0.2) is 10.6 Å². The second-order valence-electron chi connectivity index (χ2n) is 7.71. The van der Waals surface area contributed by atoms with E-state index < -0.39 is 0 Å². The van der Waals surface area contributed by atoms with E-state index in [-0.39, 0.29) is 11.9 Å². The predicted octanol–water partition coefficient (Wildman–Crippen LogP) is 5.80. The summed E-state index contributed by atoms with van der Waals surface area (Å²) in [7, 11) is 1.88. The molecule has 1 aliphatic rings. The molecule has 1 saturated heterocycles. The van der Waals surface area contributed by atoms with E-state index in [4.69, 9.17) is 45.3 Å². The van der Waals surface area contributed by atoms with Crippen molar-refractivity contribution in [3.05, 3.63) is 68.7 Å². The Morgan fingerprint density at radius 3 is 2.68 bits per heavy atom. The highest BCUT2D eigenvalue weighted by molar-refractivity contribution is 7.71. The standard InChI is InChI=1S/C22H23Cl2FN4OS/c1-27(13-18-19(24)5-2-6-20(18)25)14-29-22(31)28(12-17-4-3-11-30-17)21(26-29)15-7-9-16(23)10-8-15/h2,5-10,17H,3-4,11-14H2,1H3/t17-/m0/s1. The minimum absolute atomic E-state index is 0.116. The van der Waals surface area contributed by atoms with Gasteiger partial charge in [-0.2, -0.15) is 5.10 Å². The zero-order valence-corrected chi connectivity index (χ0v) is 19.4. The molecule has 0 spiro atoms. The zero-order valence-electron chi connectivity index (χ0n) is 17.1. The monoisotopic (exact) mass is 480 g/mol. The third kappa shape index (κ3) is 5.18. The lowest BCUT2D eigenvalue weighted by Crippen LogP contribution is -2.23. The van der Waals surface area contributed by atoms with Gasteiger partial charge in [0, 0.05) is 34.3 Å². The lowest BCUT2D eigenvalue weighted by Gasteiger charge is -2.17. The summed E-state index contributed by atoms with van der Waals surface area (Å²) in [5, 5.41) is 5.85. The van der Waals surface area contributed by atoms with Crippen molar-refractivity contribution >= 4 is 35.4 Å². The summed E-state index contributed by atoms with van der Waals surface area (Å²) in [5.41, 5.74) is 1.38. The molecule has 3 aromatic rings. The van der Waals surface area contributed by atoms with E-state index in [1.165, 1.54) is 6.07 Å². The van der Waals surface area contributed by atoms with Crippen LogP contribution in [0.2, 0.25) is 10.0 Å². The molecule has 1 aromatic heterocycles. The fourth-order valence-corrected chi connectivity index (χ4v) is 4.34. The van der Waals surface area contributed by atoms with Crippen LogP contribution in [0.1, 0.15) is 18.4 Å². The van der Waals surface area contributed by atoms with E-state index in [1.807, 2.05) is 40.8 Å². The maximum absolute atomic E-state index is 14.2. The molecular weight excluding hydrogens is 458 g/mol. The number of nitrogens with zero attached hydrogens (tertiary/aromatic N) is 4.